The highest BCUT2D eigenvalue weighted by atomic mass is 16.5. The highest BCUT2D eigenvalue weighted by Gasteiger charge is 2.29. The van der Waals surface area contributed by atoms with E-state index in [0.29, 0.717) is 19.7 Å². The molecular weight excluding hydrogens is 316 g/mol. The van der Waals surface area contributed by atoms with Crippen molar-refractivity contribution in [3.63, 3.8) is 0 Å². The monoisotopic (exact) mass is 340 g/mol. The fourth-order valence-electron chi connectivity index (χ4n) is 2.81. The predicted octanol–water partition coefficient (Wildman–Crippen LogP) is 2.39. The van der Waals surface area contributed by atoms with E-state index < -0.39 is 0 Å². The lowest BCUT2D eigenvalue weighted by molar-refractivity contribution is -0.132. The number of rotatable bonds is 7. The molecule has 1 fully saturated rings. The summed E-state index contributed by atoms with van der Waals surface area (Å²) in [5, 5.41) is 2.93. The normalized spacial score (nSPS) is 19.6. The molecular formula is C20H24N2O3. The maximum atomic E-state index is 12.1. The van der Waals surface area contributed by atoms with Gasteiger partial charge in [-0.1, -0.05) is 42.5 Å². The molecule has 0 unspecified atom stereocenters. The van der Waals surface area contributed by atoms with Gasteiger partial charge in [-0.25, -0.2) is 0 Å². The molecule has 1 amide bonds. The van der Waals surface area contributed by atoms with E-state index in [1.807, 2.05) is 54.6 Å². The van der Waals surface area contributed by atoms with Crippen LogP contribution in [-0.2, 0) is 22.7 Å². The molecule has 1 saturated heterocycles. The number of hydrogen-bond acceptors (Lipinski definition) is 4. The summed E-state index contributed by atoms with van der Waals surface area (Å²) >= 11 is 0. The van der Waals surface area contributed by atoms with Gasteiger partial charge >= 0.3 is 0 Å². The van der Waals surface area contributed by atoms with E-state index in [9.17, 15) is 4.79 Å². The SMILES string of the molecule is NC[C@H]1CC[C@@H](C(=O)NCc2ccc(COc3ccccc3)cc2)O1. The molecule has 2 atom stereocenters. The van der Waals surface area contributed by atoms with Crippen LogP contribution in [0.2, 0.25) is 0 Å². The molecule has 3 N–H and O–H groups in total. The van der Waals surface area contributed by atoms with E-state index in [-0.39, 0.29) is 18.1 Å². The predicted molar refractivity (Wildman–Crippen MR) is 96.0 cm³/mol. The van der Waals surface area contributed by atoms with Gasteiger partial charge in [0.05, 0.1) is 6.10 Å². The lowest BCUT2D eigenvalue weighted by Gasteiger charge is -2.13. The summed E-state index contributed by atoms with van der Waals surface area (Å²) in [4.78, 5) is 12.1. The van der Waals surface area contributed by atoms with E-state index >= 15 is 0 Å². The quantitative estimate of drug-likeness (QED) is 0.812. The Labute approximate surface area is 148 Å². The van der Waals surface area contributed by atoms with Gasteiger partial charge < -0.3 is 20.5 Å². The fourth-order valence-corrected chi connectivity index (χ4v) is 2.81. The van der Waals surface area contributed by atoms with Crippen molar-refractivity contribution >= 4 is 5.91 Å². The van der Waals surface area contributed by atoms with Crippen molar-refractivity contribution in [2.24, 2.45) is 5.73 Å². The van der Waals surface area contributed by atoms with Gasteiger partial charge in [-0.15, -0.1) is 0 Å². The van der Waals surface area contributed by atoms with Crippen molar-refractivity contribution in [2.75, 3.05) is 6.54 Å². The fraction of sp³-hybridized carbons (Fsp3) is 0.350. The molecule has 1 aliphatic heterocycles. The van der Waals surface area contributed by atoms with Crippen LogP contribution in [0.1, 0.15) is 24.0 Å². The van der Waals surface area contributed by atoms with Crippen molar-refractivity contribution < 1.29 is 14.3 Å². The zero-order chi connectivity index (χ0) is 17.5. The Bertz CT molecular complexity index is 673. The Morgan fingerprint density at radius 2 is 1.80 bits per heavy atom. The molecule has 0 aliphatic carbocycles. The minimum Gasteiger partial charge on any atom is -0.489 e. The average molecular weight is 340 g/mol. The second-order valence-corrected chi connectivity index (χ2v) is 6.20. The van der Waals surface area contributed by atoms with Crippen LogP contribution in [0.5, 0.6) is 5.75 Å². The van der Waals surface area contributed by atoms with Gasteiger partial charge in [-0.2, -0.15) is 0 Å². The number of amides is 1. The molecule has 3 rings (SSSR count). The minimum atomic E-state index is -0.368. The number of carbonyl (C=O) groups excluding carboxylic acids is 1. The van der Waals surface area contributed by atoms with E-state index in [1.54, 1.807) is 0 Å². The van der Waals surface area contributed by atoms with E-state index in [4.69, 9.17) is 15.2 Å². The maximum Gasteiger partial charge on any atom is 0.249 e. The topological polar surface area (TPSA) is 73.6 Å². The Kier molecular flexibility index (Phi) is 6.04. The molecule has 1 heterocycles. The van der Waals surface area contributed by atoms with Gasteiger partial charge in [-0.3, -0.25) is 4.79 Å². The van der Waals surface area contributed by atoms with Gasteiger partial charge in [0.1, 0.15) is 18.5 Å². The summed E-state index contributed by atoms with van der Waals surface area (Å²) < 4.78 is 11.3. The van der Waals surface area contributed by atoms with Crippen LogP contribution in [0.3, 0.4) is 0 Å². The first-order valence-corrected chi connectivity index (χ1v) is 8.63. The summed E-state index contributed by atoms with van der Waals surface area (Å²) in [5.74, 6) is 0.790. The molecule has 5 heteroatoms. The zero-order valence-corrected chi connectivity index (χ0v) is 14.2. The van der Waals surface area contributed by atoms with Gasteiger partial charge in [0.25, 0.3) is 0 Å². The molecule has 2 aromatic carbocycles. The largest absolute Gasteiger partial charge is 0.489 e. The lowest BCUT2D eigenvalue weighted by atomic mass is 10.1. The van der Waals surface area contributed by atoms with E-state index in [1.165, 1.54) is 0 Å². The van der Waals surface area contributed by atoms with Crippen LogP contribution < -0.4 is 15.8 Å². The minimum absolute atomic E-state index is 0.0136. The third-order valence-corrected chi connectivity index (χ3v) is 4.30. The van der Waals surface area contributed by atoms with Gasteiger partial charge in [0.15, 0.2) is 0 Å². The summed E-state index contributed by atoms with van der Waals surface area (Å²) in [5.41, 5.74) is 7.70. The van der Waals surface area contributed by atoms with Crippen LogP contribution in [0.4, 0.5) is 0 Å². The first-order valence-electron chi connectivity index (χ1n) is 8.63. The smallest absolute Gasteiger partial charge is 0.249 e. The number of nitrogens with two attached hydrogens (primary N) is 1. The van der Waals surface area contributed by atoms with Crippen molar-refractivity contribution in [1.29, 1.82) is 0 Å². The van der Waals surface area contributed by atoms with Crippen LogP contribution >= 0.6 is 0 Å². The van der Waals surface area contributed by atoms with Crippen LogP contribution in [-0.4, -0.2) is 24.7 Å². The average Bonchev–Trinajstić information content (AvgIpc) is 3.15. The molecule has 0 bridgehead atoms. The van der Waals surface area contributed by atoms with Crippen LogP contribution in [0, 0.1) is 0 Å². The number of ether oxygens (including phenoxy) is 2. The van der Waals surface area contributed by atoms with Gasteiger partial charge in [-0.05, 0) is 36.1 Å². The number of nitrogens with one attached hydrogen (secondary N) is 1. The third-order valence-electron chi connectivity index (χ3n) is 4.30. The van der Waals surface area contributed by atoms with Crippen molar-refractivity contribution in [1.82, 2.24) is 5.32 Å². The number of hydrogen-bond donors (Lipinski definition) is 2. The standard InChI is InChI=1S/C20H24N2O3/c21-12-18-10-11-19(25-18)20(23)22-13-15-6-8-16(9-7-15)14-24-17-4-2-1-3-5-17/h1-9,18-19H,10-14,21H2,(H,22,23)/t18-,19+/m1/s1. The summed E-state index contributed by atoms with van der Waals surface area (Å²) in [7, 11) is 0. The second kappa shape index (κ2) is 8.65. The molecule has 0 spiro atoms. The molecule has 2 aromatic rings. The molecule has 132 valence electrons. The van der Waals surface area contributed by atoms with E-state index in [2.05, 4.69) is 5.32 Å². The number of carbonyl (C=O) groups is 1. The van der Waals surface area contributed by atoms with Crippen LogP contribution in [0.25, 0.3) is 0 Å². The maximum absolute atomic E-state index is 12.1. The zero-order valence-electron chi connectivity index (χ0n) is 14.2. The summed E-state index contributed by atoms with van der Waals surface area (Å²) in [6.45, 7) is 1.48. The molecule has 1 aliphatic rings. The van der Waals surface area contributed by atoms with Crippen molar-refractivity contribution in [3.8, 4) is 5.75 Å². The molecule has 5 nitrogen and oxygen atoms in total. The first-order chi connectivity index (χ1) is 12.2. The highest BCUT2D eigenvalue weighted by molar-refractivity contribution is 5.81. The van der Waals surface area contributed by atoms with Gasteiger partial charge in [0, 0.05) is 13.1 Å². The van der Waals surface area contributed by atoms with Crippen LogP contribution in [0.15, 0.2) is 54.6 Å². The second-order valence-electron chi connectivity index (χ2n) is 6.20. The summed E-state index contributed by atoms with van der Waals surface area (Å²) in [6.07, 6.45) is 1.24. The molecule has 0 radical (unpaired) electrons. The van der Waals surface area contributed by atoms with Crippen molar-refractivity contribution in [2.45, 2.75) is 38.2 Å². The van der Waals surface area contributed by atoms with Crippen molar-refractivity contribution in [3.05, 3.63) is 65.7 Å². The Hall–Kier alpha value is -2.37. The molecule has 0 saturated carbocycles. The third kappa shape index (κ3) is 5.05. The molecule has 25 heavy (non-hydrogen) atoms. The summed E-state index contributed by atoms with van der Waals surface area (Å²) in [6, 6.07) is 17.8. The van der Waals surface area contributed by atoms with E-state index in [0.717, 1.165) is 29.7 Å². The van der Waals surface area contributed by atoms with Gasteiger partial charge in [0.2, 0.25) is 5.91 Å². The Morgan fingerprint density at radius 3 is 2.48 bits per heavy atom. The Balaban J connectivity index is 1.44. The lowest BCUT2D eigenvalue weighted by Crippen LogP contribution is -2.35. The Morgan fingerprint density at radius 1 is 1.08 bits per heavy atom. The number of benzene rings is 2. The molecule has 0 aromatic heterocycles. The number of para-hydroxylation sites is 1. The highest BCUT2D eigenvalue weighted by Crippen LogP contribution is 2.19. The first kappa shape index (κ1) is 17.5.